The molecule has 5 rings (SSSR count). The highest BCUT2D eigenvalue weighted by Crippen LogP contribution is 2.72. The Balaban J connectivity index is 1.47. The highest BCUT2D eigenvalue weighted by atomic mass is 14.7. The average Bonchev–Trinajstić information content (AvgIpc) is 3.16. The highest BCUT2D eigenvalue weighted by molar-refractivity contribution is 5.36. The molecule has 0 aromatic carbocycles. The van der Waals surface area contributed by atoms with Crippen LogP contribution in [0.2, 0.25) is 0 Å². The quantitative estimate of drug-likeness (QED) is 0.356. The Labute approximate surface area is 212 Å². The Kier molecular flexibility index (Phi) is 6.34. The third-order valence-electron chi connectivity index (χ3n) is 12.9. The van der Waals surface area contributed by atoms with Gasteiger partial charge in [-0.2, -0.15) is 0 Å². The first-order valence-electron chi connectivity index (χ1n) is 15.1. The van der Waals surface area contributed by atoms with Gasteiger partial charge in [0.2, 0.25) is 0 Å². The van der Waals surface area contributed by atoms with Crippen LogP contribution in [-0.4, -0.2) is 0 Å². The molecule has 0 aromatic rings. The molecule has 0 heteroatoms. The van der Waals surface area contributed by atoms with E-state index in [4.69, 9.17) is 0 Å². The summed E-state index contributed by atoms with van der Waals surface area (Å²) in [6.45, 7) is 23.9. The summed E-state index contributed by atoms with van der Waals surface area (Å²) in [5.74, 6) is 6.13. The Morgan fingerprint density at radius 3 is 2.32 bits per heavy atom. The van der Waals surface area contributed by atoms with Gasteiger partial charge in [-0.05, 0) is 142 Å². The summed E-state index contributed by atoms with van der Waals surface area (Å²) in [6.07, 6.45) is 19.3. The van der Waals surface area contributed by atoms with Crippen LogP contribution in [0.1, 0.15) is 119 Å². The second-order valence-corrected chi connectivity index (χ2v) is 14.7. The highest BCUT2D eigenvalue weighted by Gasteiger charge is 2.63. The van der Waals surface area contributed by atoms with Gasteiger partial charge in [-0.15, -0.1) is 13.2 Å². The van der Waals surface area contributed by atoms with Crippen LogP contribution in [0.4, 0.5) is 0 Å². The molecule has 0 aliphatic heterocycles. The molecule has 0 bridgehead atoms. The molecular formula is C34H54. The fraction of sp³-hybridized carbons (Fsp3) is 0.824. The SMILES string of the molecule is C=CCC12CCC(C(C)C)=C1C1CCC3C(C)(CCC4C(C)C(CC(=C)C)CCC43C)C1CC2. The molecule has 0 amide bonds. The predicted molar refractivity (Wildman–Crippen MR) is 148 cm³/mol. The number of hydrogen-bond acceptors (Lipinski definition) is 0. The summed E-state index contributed by atoms with van der Waals surface area (Å²) in [7, 11) is 0. The lowest BCUT2D eigenvalue weighted by Crippen LogP contribution is -2.59. The zero-order valence-electron chi connectivity index (χ0n) is 23.5. The van der Waals surface area contributed by atoms with E-state index in [1.54, 1.807) is 0 Å². The molecule has 0 saturated heterocycles. The summed E-state index contributed by atoms with van der Waals surface area (Å²) in [5.41, 5.74) is 6.83. The van der Waals surface area contributed by atoms with Crippen LogP contribution >= 0.6 is 0 Å². The third-order valence-corrected chi connectivity index (χ3v) is 12.9. The molecule has 0 radical (unpaired) electrons. The maximum Gasteiger partial charge on any atom is -0.00449 e. The first-order chi connectivity index (χ1) is 16.1. The fourth-order valence-corrected chi connectivity index (χ4v) is 11.5. The van der Waals surface area contributed by atoms with Gasteiger partial charge in [0.05, 0.1) is 0 Å². The summed E-state index contributed by atoms with van der Waals surface area (Å²) in [6, 6.07) is 0. The lowest BCUT2D eigenvalue weighted by molar-refractivity contribution is -0.170. The van der Waals surface area contributed by atoms with Gasteiger partial charge in [0, 0.05) is 0 Å². The first-order valence-corrected chi connectivity index (χ1v) is 15.1. The predicted octanol–water partition coefficient (Wildman–Crippen LogP) is 10.2. The number of rotatable bonds is 5. The Morgan fingerprint density at radius 2 is 1.65 bits per heavy atom. The summed E-state index contributed by atoms with van der Waals surface area (Å²) < 4.78 is 0. The van der Waals surface area contributed by atoms with Crippen molar-refractivity contribution in [3.05, 3.63) is 36.0 Å². The first kappa shape index (κ1) is 24.9. The molecule has 0 heterocycles. The van der Waals surface area contributed by atoms with Crippen molar-refractivity contribution in [2.45, 2.75) is 119 Å². The Bertz CT molecular complexity index is 857. The summed E-state index contributed by atoms with van der Waals surface area (Å²) in [5, 5.41) is 0. The van der Waals surface area contributed by atoms with Crippen molar-refractivity contribution in [3.8, 4) is 0 Å². The van der Waals surface area contributed by atoms with E-state index in [1.807, 2.05) is 11.1 Å². The molecule has 4 saturated carbocycles. The van der Waals surface area contributed by atoms with E-state index in [2.05, 4.69) is 60.8 Å². The van der Waals surface area contributed by atoms with E-state index in [-0.39, 0.29) is 0 Å². The van der Waals surface area contributed by atoms with E-state index >= 15 is 0 Å². The minimum atomic E-state index is 0.474. The van der Waals surface area contributed by atoms with Crippen LogP contribution < -0.4 is 0 Å². The Hall–Kier alpha value is -0.780. The normalized spacial score (nSPS) is 48.1. The van der Waals surface area contributed by atoms with E-state index in [1.165, 1.54) is 82.6 Å². The van der Waals surface area contributed by atoms with Gasteiger partial charge in [0.1, 0.15) is 0 Å². The Morgan fingerprint density at radius 1 is 0.971 bits per heavy atom. The molecule has 4 fully saturated rings. The van der Waals surface area contributed by atoms with E-state index in [9.17, 15) is 0 Å². The molecule has 0 nitrogen and oxygen atoms in total. The number of fused-ring (bicyclic) bond motifs is 7. The van der Waals surface area contributed by atoms with Crippen molar-refractivity contribution < 1.29 is 0 Å². The molecule has 34 heavy (non-hydrogen) atoms. The van der Waals surface area contributed by atoms with Crippen LogP contribution in [0.15, 0.2) is 36.0 Å². The summed E-state index contributed by atoms with van der Waals surface area (Å²) >= 11 is 0. The standard InChI is InChI=1S/C34H54/c1-9-16-34-19-13-26(23(4)5)31(34)27-10-11-30-32(7)17-12-25(21-22(2)3)24(6)28(32)14-18-33(30,8)29(27)15-20-34/h9,23-25,27-30H,1-2,10-21H2,3-8H3. The molecule has 5 aliphatic carbocycles. The van der Waals surface area contributed by atoms with Crippen LogP contribution in [0.25, 0.3) is 0 Å². The zero-order valence-corrected chi connectivity index (χ0v) is 23.5. The average molecular weight is 463 g/mol. The lowest BCUT2D eigenvalue weighted by atomic mass is 9.37. The second-order valence-electron chi connectivity index (χ2n) is 14.7. The van der Waals surface area contributed by atoms with Crippen molar-refractivity contribution in [2.24, 2.45) is 57.7 Å². The van der Waals surface area contributed by atoms with Gasteiger partial charge in [-0.3, -0.25) is 0 Å². The molecule has 0 aromatic heterocycles. The molecule has 0 spiro atoms. The number of allylic oxidation sites excluding steroid dienone is 4. The minimum Gasteiger partial charge on any atom is -0.103 e. The zero-order chi connectivity index (χ0) is 24.5. The molecule has 9 atom stereocenters. The van der Waals surface area contributed by atoms with Crippen molar-refractivity contribution in [1.82, 2.24) is 0 Å². The van der Waals surface area contributed by atoms with Crippen molar-refractivity contribution in [1.29, 1.82) is 0 Å². The van der Waals surface area contributed by atoms with Crippen LogP contribution in [0.3, 0.4) is 0 Å². The monoisotopic (exact) mass is 462 g/mol. The fourth-order valence-electron chi connectivity index (χ4n) is 11.5. The van der Waals surface area contributed by atoms with Crippen LogP contribution in [-0.2, 0) is 0 Å². The maximum atomic E-state index is 4.28. The van der Waals surface area contributed by atoms with Crippen LogP contribution in [0, 0.1) is 57.7 Å². The van der Waals surface area contributed by atoms with Gasteiger partial charge in [0.15, 0.2) is 0 Å². The van der Waals surface area contributed by atoms with E-state index in [0.717, 1.165) is 41.4 Å². The third kappa shape index (κ3) is 3.50. The van der Waals surface area contributed by atoms with Gasteiger partial charge in [0.25, 0.3) is 0 Å². The van der Waals surface area contributed by atoms with E-state index < -0.39 is 0 Å². The molecule has 9 unspecified atom stereocenters. The maximum absolute atomic E-state index is 4.28. The molecular weight excluding hydrogens is 408 g/mol. The largest absolute Gasteiger partial charge is 0.103 e. The van der Waals surface area contributed by atoms with Gasteiger partial charge >= 0.3 is 0 Å². The number of hydrogen-bond donors (Lipinski definition) is 0. The molecule has 190 valence electrons. The minimum absolute atomic E-state index is 0.474. The van der Waals surface area contributed by atoms with Gasteiger partial charge in [-0.1, -0.05) is 57.4 Å². The van der Waals surface area contributed by atoms with Gasteiger partial charge in [-0.25, -0.2) is 0 Å². The summed E-state index contributed by atoms with van der Waals surface area (Å²) in [4.78, 5) is 0. The topological polar surface area (TPSA) is 0 Å². The van der Waals surface area contributed by atoms with E-state index in [0.29, 0.717) is 16.2 Å². The van der Waals surface area contributed by atoms with Crippen molar-refractivity contribution >= 4 is 0 Å². The smallest absolute Gasteiger partial charge is 0.00449 e. The lowest BCUT2D eigenvalue weighted by Gasteiger charge is -2.67. The van der Waals surface area contributed by atoms with Crippen molar-refractivity contribution in [2.75, 3.05) is 0 Å². The molecule has 5 aliphatic rings. The molecule has 0 N–H and O–H groups in total. The second kappa shape index (κ2) is 8.66. The van der Waals surface area contributed by atoms with Crippen molar-refractivity contribution in [3.63, 3.8) is 0 Å². The van der Waals surface area contributed by atoms with Gasteiger partial charge < -0.3 is 0 Å². The van der Waals surface area contributed by atoms with Crippen LogP contribution in [0.5, 0.6) is 0 Å².